The summed E-state index contributed by atoms with van der Waals surface area (Å²) < 4.78 is 23.0. The van der Waals surface area contributed by atoms with Crippen LogP contribution in [-0.2, 0) is 29.1 Å². The molecule has 0 aliphatic heterocycles. The van der Waals surface area contributed by atoms with E-state index in [1.165, 1.54) is 5.56 Å². The number of ether oxygens (including phenoxy) is 4. The summed E-state index contributed by atoms with van der Waals surface area (Å²) in [7, 11) is 0. The monoisotopic (exact) mass is 450 g/mol. The molecule has 176 valence electrons. The van der Waals surface area contributed by atoms with Gasteiger partial charge in [-0.1, -0.05) is 66.7 Å². The maximum atomic E-state index is 8.68. The summed E-state index contributed by atoms with van der Waals surface area (Å²) in [5, 5.41) is 8.68. The Morgan fingerprint density at radius 1 is 0.545 bits per heavy atom. The molecule has 3 aromatic rings. The largest absolute Gasteiger partial charge is 0.485 e. The highest BCUT2D eigenvalue weighted by Gasteiger charge is 2.08. The first-order valence-corrected chi connectivity index (χ1v) is 11.6. The first kappa shape index (κ1) is 24.8. The fraction of sp³-hybridized carbons (Fsp3) is 0.357. The minimum absolute atomic E-state index is 0.0487. The van der Waals surface area contributed by atoms with E-state index in [9.17, 15) is 0 Å². The lowest BCUT2D eigenvalue weighted by molar-refractivity contribution is 0.0322. The van der Waals surface area contributed by atoms with Crippen LogP contribution in [0.25, 0.3) is 0 Å². The molecule has 0 atom stereocenters. The van der Waals surface area contributed by atoms with Gasteiger partial charge in [-0.3, -0.25) is 0 Å². The molecule has 3 rings (SSSR count). The van der Waals surface area contributed by atoms with Crippen molar-refractivity contribution in [1.82, 2.24) is 0 Å². The van der Waals surface area contributed by atoms with Crippen molar-refractivity contribution in [3.8, 4) is 11.5 Å². The standard InChI is InChI=1S/C28H34O5/c29-16-18-31-20-19-30-17-8-7-9-24-14-15-27(32-22-25-10-3-1-4-11-25)28(21-24)33-23-26-12-5-2-6-13-26/h1-6,10-15,21,29H,7-9,16-20,22-23H2. The van der Waals surface area contributed by atoms with Gasteiger partial charge in [0, 0.05) is 6.61 Å². The zero-order valence-electron chi connectivity index (χ0n) is 19.2. The molecule has 0 fully saturated rings. The van der Waals surface area contributed by atoms with E-state index in [1.807, 2.05) is 42.5 Å². The van der Waals surface area contributed by atoms with E-state index in [2.05, 4.69) is 36.4 Å². The van der Waals surface area contributed by atoms with Crippen LogP contribution >= 0.6 is 0 Å². The predicted octanol–water partition coefficient (Wildman–Crippen LogP) is 5.19. The van der Waals surface area contributed by atoms with E-state index in [0.29, 0.717) is 39.6 Å². The van der Waals surface area contributed by atoms with Crippen LogP contribution in [0.5, 0.6) is 11.5 Å². The number of unbranched alkanes of at least 4 members (excludes halogenated alkanes) is 1. The van der Waals surface area contributed by atoms with E-state index >= 15 is 0 Å². The Morgan fingerprint density at radius 2 is 1.15 bits per heavy atom. The third-order valence-corrected chi connectivity index (χ3v) is 5.09. The highest BCUT2D eigenvalue weighted by atomic mass is 16.5. The van der Waals surface area contributed by atoms with Crippen molar-refractivity contribution in [2.75, 3.05) is 33.0 Å². The molecule has 0 aromatic heterocycles. The van der Waals surface area contributed by atoms with Crippen LogP contribution in [0.3, 0.4) is 0 Å². The Kier molecular flexibility index (Phi) is 11.3. The topological polar surface area (TPSA) is 57.2 Å². The summed E-state index contributed by atoms with van der Waals surface area (Å²) >= 11 is 0. The number of benzene rings is 3. The highest BCUT2D eigenvalue weighted by molar-refractivity contribution is 5.43. The van der Waals surface area contributed by atoms with Crippen LogP contribution in [0.1, 0.15) is 29.5 Å². The van der Waals surface area contributed by atoms with E-state index in [1.54, 1.807) is 0 Å². The van der Waals surface area contributed by atoms with Gasteiger partial charge in [-0.15, -0.1) is 0 Å². The van der Waals surface area contributed by atoms with Gasteiger partial charge in [0.05, 0.1) is 26.4 Å². The van der Waals surface area contributed by atoms with Gasteiger partial charge in [-0.05, 0) is 48.1 Å². The summed E-state index contributed by atoms with van der Waals surface area (Å²) in [5.74, 6) is 1.52. The number of hydrogen-bond acceptors (Lipinski definition) is 5. The Bertz CT molecular complexity index is 899. The van der Waals surface area contributed by atoms with Crippen LogP contribution in [0.15, 0.2) is 78.9 Å². The number of aryl methyl sites for hydroxylation is 1. The second kappa shape index (κ2) is 15.1. The van der Waals surface area contributed by atoms with Gasteiger partial charge in [0.15, 0.2) is 11.5 Å². The third-order valence-electron chi connectivity index (χ3n) is 5.09. The van der Waals surface area contributed by atoms with Gasteiger partial charge in [0.1, 0.15) is 13.2 Å². The molecule has 0 aliphatic carbocycles. The SMILES string of the molecule is OCCOCCOCCCCc1ccc(OCc2ccccc2)c(OCc2ccccc2)c1. The first-order valence-electron chi connectivity index (χ1n) is 11.6. The molecule has 0 saturated heterocycles. The molecule has 1 N–H and O–H groups in total. The molecule has 0 aliphatic rings. The van der Waals surface area contributed by atoms with Gasteiger partial charge in [-0.25, -0.2) is 0 Å². The van der Waals surface area contributed by atoms with Gasteiger partial charge in [-0.2, -0.15) is 0 Å². The average molecular weight is 451 g/mol. The molecule has 33 heavy (non-hydrogen) atoms. The second-order valence-electron chi connectivity index (χ2n) is 7.74. The molecule has 0 amide bonds. The van der Waals surface area contributed by atoms with Crippen LogP contribution in [0.2, 0.25) is 0 Å². The molecule has 3 aromatic carbocycles. The zero-order chi connectivity index (χ0) is 23.0. The van der Waals surface area contributed by atoms with Crippen LogP contribution in [-0.4, -0.2) is 38.1 Å². The Morgan fingerprint density at radius 3 is 1.79 bits per heavy atom. The van der Waals surface area contributed by atoms with Gasteiger partial charge >= 0.3 is 0 Å². The quantitative estimate of drug-likeness (QED) is 0.304. The molecular weight excluding hydrogens is 416 g/mol. The number of rotatable bonds is 16. The fourth-order valence-electron chi connectivity index (χ4n) is 3.33. The molecule has 0 heterocycles. The molecule has 0 bridgehead atoms. The molecular formula is C28H34O5. The van der Waals surface area contributed by atoms with Crippen LogP contribution in [0, 0.1) is 0 Å². The van der Waals surface area contributed by atoms with E-state index in [0.717, 1.165) is 41.9 Å². The van der Waals surface area contributed by atoms with Gasteiger partial charge in [0.2, 0.25) is 0 Å². The van der Waals surface area contributed by atoms with Crippen LogP contribution in [0.4, 0.5) is 0 Å². The van der Waals surface area contributed by atoms with Crippen molar-refractivity contribution in [3.63, 3.8) is 0 Å². The zero-order valence-corrected chi connectivity index (χ0v) is 19.2. The molecule has 5 heteroatoms. The molecule has 0 radical (unpaired) electrons. The molecule has 0 spiro atoms. The second-order valence-corrected chi connectivity index (χ2v) is 7.74. The van der Waals surface area contributed by atoms with Crippen molar-refractivity contribution in [2.24, 2.45) is 0 Å². The normalized spacial score (nSPS) is 10.8. The smallest absolute Gasteiger partial charge is 0.161 e. The number of aliphatic hydroxyl groups is 1. The van der Waals surface area contributed by atoms with Crippen molar-refractivity contribution in [1.29, 1.82) is 0 Å². The summed E-state index contributed by atoms with van der Waals surface area (Å²) in [5.41, 5.74) is 3.46. The minimum Gasteiger partial charge on any atom is -0.485 e. The maximum absolute atomic E-state index is 8.68. The summed E-state index contributed by atoms with van der Waals surface area (Å²) in [6.45, 7) is 3.20. The van der Waals surface area contributed by atoms with Crippen LogP contribution < -0.4 is 9.47 Å². The lowest BCUT2D eigenvalue weighted by atomic mass is 10.1. The minimum atomic E-state index is 0.0487. The van der Waals surface area contributed by atoms with Crippen molar-refractivity contribution >= 4 is 0 Å². The maximum Gasteiger partial charge on any atom is 0.161 e. The Labute approximate surface area is 196 Å². The molecule has 0 saturated carbocycles. The Balaban J connectivity index is 1.51. The summed E-state index contributed by atoms with van der Waals surface area (Å²) in [6, 6.07) is 26.5. The molecule has 0 unspecified atom stereocenters. The number of aliphatic hydroxyl groups excluding tert-OH is 1. The Hall–Kier alpha value is -2.86. The lowest BCUT2D eigenvalue weighted by Crippen LogP contribution is -2.08. The summed E-state index contributed by atoms with van der Waals surface area (Å²) in [4.78, 5) is 0. The van der Waals surface area contributed by atoms with Gasteiger partial charge < -0.3 is 24.1 Å². The van der Waals surface area contributed by atoms with E-state index in [-0.39, 0.29) is 6.61 Å². The fourth-order valence-corrected chi connectivity index (χ4v) is 3.33. The third kappa shape index (κ3) is 9.66. The first-order chi connectivity index (χ1) is 16.3. The predicted molar refractivity (Wildman–Crippen MR) is 130 cm³/mol. The van der Waals surface area contributed by atoms with E-state index in [4.69, 9.17) is 24.1 Å². The van der Waals surface area contributed by atoms with Crippen molar-refractivity contribution in [3.05, 3.63) is 95.6 Å². The van der Waals surface area contributed by atoms with Gasteiger partial charge in [0.25, 0.3) is 0 Å². The average Bonchev–Trinajstić information content (AvgIpc) is 2.87. The van der Waals surface area contributed by atoms with Crippen molar-refractivity contribution < 1.29 is 24.1 Å². The lowest BCUT2D eigenvalue weighted by Gasteiger charge is -2.15. The molecule has 5 nitrogen and oxygen atoms in total. The van der Waals surface area contributed by atoms with E-state index < -0.39 is 0 Å². The highest BCUT2D eigenvalue weighted by Crippen LogP contribution is 2.30. The van der Waals surface area contributed by atoms with Crippen molar-refractivity contribution in [2.45, 2.75) is 32.5 Å². The number of hydrogen-bond donors (Lipinski definition) is 1. The summed E-state index contributed by atoms with van der Waals surface area (Å²) in [6.07, 6.45) is 2.96.